The fourth-order valence-corrected chi connectivity index (χ4v) is 4.61. The van der Waals surface area contributed by atoms with E-state index in [1.54, 1.807) is 23.1 Å². The summed E-state index contributed by atoms with van der Waals surface area (Å²) in [5.41, 5.74) is 9.56. The van der Waals surface area contributed by atoms with E-state index >= 15 is 0 Å². The largest absolute Gasteiger partial charge is 0.368 e. The number of hydrogen-bond donors (Lipinski definition) is 1. The van der Waals surface area contributed by atoms with Gasteiger partial charge in [0.1, 0.15) is 5.69 Å². The molecule has 0 aliphatic carbocycles. The highest BCUT2D eigenvalue weighted by atomic mass is 16.2. The molecule has 1 saturated heterocycles. The van der Waals surface area contributed by atoms with Gasteiger partial charge in [-0.2, -0.15) is 0 Å². The molecule has 2 N–H and O–H groups in total. The summed E-state index contributed by atoms with van der Waals surface area (Å²) in [5, 5.41) is 0.565. The third kappa shape index (κ3) is 3.65. The second kappa shape index (κ2) is 7.74. The van der Waals surface area contributed by atoms with Gasteiger partial charge in [0.25, 0.3) is 5.91 Å². The van der Waals surface area contributed by atoms with Gasteiger partial charge in [0.2, 0.25) is 5.95 Å². The Kier molecular flexibility index (Phi) is 4.90. The predicted molar refractivity (Wildman–Crippen MR) is 119 cm³/mol. The molecule has 0 saturated carbocycles. The van der Waals surface area contributed by atoms with Crippen molar-refractivity contribution in [1.82, 2.24) is 19.8 Å². The molecule has 1 amide bonds. The first-order chi connectivity index (χ1) is 15.0. The highest BCUT2D eigenvalue weighted by Crippen LogP contribution is 2.27. The van der Waals surface area contributed by atoms with Crippen molar-refractivity contribution in [2.24, 2.45) is 0 Å². The summed E-state index contributed by atoms with van der Waals surface area (Å²) in [4.78, 5) is 38.8. The fourth-order valence-electron chi connectivity index (χ4n) is 4.61. The minimum Gasteiger partial charge on any atom is -0.368 e. The van der Waals surface area contributed by atoms with E-state index in [1.807, 2.05) is 24.3 Å². The molecular weight excluding hydrogens is 390 g/mol. The zero-order valence-corrected chi connectivity index (χ0v) is 17.5. The highest BCUT2D eigenvalue weighted by Gasteiger charge is 2.27. The molecule has 2 aliphatic rings. The number of nitrogen functional groups attached to an aromatic ring is 1. The first-order valence-electron chi connectivity index (χ1n) is 10.7. The van der Waals surface area contributed by atoms with Crippen LogP contribution in [-0.4, -0.2) is 50.6 Å². The molecule has 31 heavy (non-hydrogen) atoms. The van der Waals surface area contributed by atoms with Gasteiger partial charge >= 0.3 is 0 Å². The first kappa shape index (κ1) is 19.6. The topological polar surface area (TPSA) is 92.4 Å². The van der Waals surface area contributed by atoms with Crippen LogP contribution in [0.4, 0.5) is 5.95 Å². The van der Waals surface area contributed by atoms with Crippen molar-refractivity contribution in [3.8, 4) is 0 Å². The number of likely N-dealkylation sites (tertiary alicyclic amines) is 1. The number of anilines is 1. The maximum Gasteiger partial charge on any atom is 0.273 e. The van der Waals surface area contributed by atoms with Crippen LogP contribution in [0.25, 0.3) is 10.9 Å². The lowest BCUT2D eigenvalue weighted by molar-refractivity contribution is 0.0747. The Bertz CT molecular complexity index is 1170. The van der Waals surface area contributed by atoms with Crippen LogP contribution in [0.5, 0.6) is 0 Å². The van der Waals surface area contributed by atoms with E-state index in [4.69, 9.17) is 5.73 Å². The molecule has 2 aliphatic heterocycles. The lowest BCUT2D eigenvalue weighted by atomic mass is 10.0. The van der Waals surface area contributed by atoms with Crippen molar-refractivity contribution in [3.63, 3.8) is 0 Å². The number of fused-ring (bicyclic) bond motifs is 2. The zero-order chi connectivity index (χ0) is 21.5. The van der Waals surface area contributed by atoms with Crippen LogP contribution in [0, 0.1) is 0 Å². The van der Waals surface area contributed by atoms with E-state index < -0.39 is 0 Å². The first-order valence-corrected chi connectivity index (χ1v) is 10.7. The van der Waals surface area contributed by atoms with Crippen molar-refractivity contribution in [2.45, 2.75) is 38.9 Å². The monoisotopic (exact) mass is 415 g/mol. The van der Waals surface area contributed by atoms with Crippen LogP contribution in [0.15, 0.2) is 42.5 Å². The normalized spacial score (nSPS) is 18.5. The van der Waals surface area contributed by atoms with Crippen LogP contribution in [-0.2, 0) is 13.1 Å². The van der Waals surface area contributed by atoms with Gasteiger partial charge in [0.15, 0.2) is 5.78 Å². The van der Waals surface area contributed by atoms with Crippen molar-refractivity contribution >= 4 is 28.5 Å². The molecule has 1 aromatic heterocycles. The van der Waals surface area contributed by atoms with Crippen LogP contribution in [0.3, 0.4) is 0 Å². The summed E-state index contributed by atoms with van der Waals surface area (Å²) in [7, 11) is 0. The summed E-state index contributed by atoms with van der Waals surface area (Å²) in [5.74, 6) is -0.106. The van der Waals surface area contributed by atoms with Crippen LogP contribution in [0.2, 0.25) is 0 Å². The van der Waals surface area contributed by atoms with Crippen LogP contribution < -0.4 is 5.73 Å². The standard InChI is InChI=1S/C24H25N5O2/c1-15-5-4-10-28(15)14-21(30)16-8-9-20-19(11-16)22(27-24(25)26-20)23(31)29-12-17-6-2-3-7-18(17)13-29/h2-3,6-9,11,15H,4-5,10,12-14H2,1H3,(H2,25,26,27). The summed E-state index contributed by atoms with van der Waals surface area (Å²) in [6.45, 7) is 4.55. The number of nitrogens with zero attached hydrogens (tertiary/aromatic N) is 4. The number of ketones is 1. The minimum atomic E-state index is -0.201. The van der Waals surface area contributed by atoms with Gasteiger partial charge in [-0.25, -0.2) is 9.97 Å². The molecule has 1 unspecified atom stereocenters. The summed E-state index contributed by atoms with van der Waals surface area (Å²) in [6.07, 6.45) is 2.24. The molecule has 158 valence electrons. The molecule has 0 bridgehead atoms. The number of benzene rings is 2. The number of carbonyl (C=O) groups is 2. The lowest BCUT2D eigenvalue weighted by Gasteiger charge is -2.20. The molecule has 5 rings (SSSR count). The molecule has 1 fully saturated rings. The number of amides is 1. The fraction of sp³-hybridized carbons (Fsp3) is 0.333. The Morgan fingerprint density at radius 2 is 1.84 bits per heavy atom. The van der Waals surface area contributed by atoms with Crippen LogP contribution in [0.1, 0.15) is 51.7 Å². The maximum atomic E-state index is 13.4. The Labute approximate surface area is 180 Å². The molecule has 0 spiro atoms. The number of carbonyl (C=O) groups excluding carboxylic acids is 2. The number of Topliss-reactive ketones (excluding diaryl/α,β-unsaturated/α-hetero) is 1. The number of aromatic nitrogens is 2. The predicted octanol–water partition coefficient (Wildman–Crippen LogP) is 3.04. The van der Waals surface area contributed by atoms with Gasteiger partial charge in [0.05, 0.1) is 12.1 Å². The Morgan fingerprint density at radius 1 is 1.10 bits per heavy atom. The number of rotatable bonds is 4. The summed E-state index contributed by atoms with van der Waals surface area (Å²) in [6, 6.07) is 13.7. The van der Waals surface area contributed by atoms with E-state index in [0.29, 0.717) is 42.1 Å². The summed E-state index contributed by atoms with van der Waals surface area (Å²) >= 11 is 0. The molecule has 7 heteroatoms. The van der Waals surface area contributed by atoms with E-state index in [0.717, 1.165) is 30.5 Å². The zero-order valence-electron chi connectivity index (χ0n) is 17.5. The third-order valence-electron chi connectivity index (χ3n) is 6.40. The van der Waals surface area contributed by atoms with E-state index in [9.17, 15) is 9.59 Å². The average molecular weight is 415 g/mol. The maximum absolute atomic E-state index is 13.4. The van der Waals surface area contributed by atoms with Crippen LogP contribution >= 0.6 is 0 Å². The number of nitrogens with two attached hydrogens (primary N) is 1. The average Bonchev–Trinajstić information content (AvgIpc) is 3.38. The second-order valence-electron chi connectivity index (χ2n) is 8.48. The molecule has 3 heterocycles. The Balaban J connectivity index is 1.47. The molecular formula is C24H25N5O2. The molecule has 2 aromatic carbocycles. The van der Waals surface area contributed by atoms with Gasteiger partial charge < -0.3 is 10.6 Å². The molecule has 7 nitrogen and oxygen atoms in total. The van der Waals surface area contributed by atoms with Gasteiger partial charge in [-0.15, -0.1) is 0 Å². The molecule has 3 aromatic rings. The van der Waals surface area contributed by atoms with Gasteiger partial charge in [-0.1, -0.05) is 24.3 Å². The van der Waals surface area contributed by atoms with Crippen molar-refractivity contribution in [2.75, 3.05) is 18.8 Å². The summed E-state index contributed by atoms with van der Waals surface area (Å²) < 4.78 is 0. The lowest BCUT2D eigenvalue weighted by Crippen LogP contribution is -2.32. The third-order valence-corrected chi connectivity index (χ3v) is 6.40. The van der Waals surface area contributed by atoms with Gasteiger partial charge in [-0.3, -0.25) is 14.5 Å². The van der Waals surface area contributed by atoms with Crippen molar-refractivity contribution in [3.05, 3.63) is 64.8 Å². The Morgan fingerprint density at radius 3 is 2.52 bits per heavy atom. The van der Waals surface area contributed by atoms with Gasteiger partial charge in [0, 0.05) is 30.1 Å². The van der Waals surface area contributed by atoms with Crippen molar-refractivity contribution in [1.29, 1.82) is 0 Å². The second-order valence-corrected chi connectivity index (χ2v) is 8.48. The minimum absolute atomic E-state index is 0.0412. The smallest absolute Gasteiger partial charge is 0.273 e. The highest BCUT2D eigenvalue weighted by molar-refractivity contribution is 6.08. The van der Waals surface area contributed by atoms with Gasteiger partial charge in [-0.05, 0) is 55.6 Å². The van der Waals surface area contributed by atoms with Crippen molar-refractivity contribution < 1.29 is 9.59 Å². The van der Waals surface area contributed by atoms with E-state index in [-0.39, 0.29) is 23.3 Å². The van der Waals surface area contributed by atoms with E-state index in [1.165, 1.54) is 0 Å². The molecule has 1 atom stereocenters. The molecule has 0 radical (unpaired) electrons. The quantitative estimate of drug-likeness (QED) is 0.659. The Hall–Kier alpha value is -3.32. The number of hydrogen-bond acceptors (Lipinski definition) is 6. The SMILES string of the molecule is CC1CCCN1CC(=O)c1ccc2nc(N)nc(C(=O)N3Cc4ccccc4C3)c2c1. The van der Waals surface area contributed by atoms with E-state index in [2.05, 4.69) is 21.8 Å².